The SMILES string of the molecule is CCCC(CCO)CN=C(NCC)NC1CCN(c2ccc(C)cn2)CC1. The van der Waals surface area contributed by atoms with Gasteiger partial charge in [-0.1, -0.05) is 19.4 Å². The van der Waals surface area contributed by atoms with Gasteiger partial charge in [0.1, 0.15) is 5.82 Å². The van der Waals surface area contributed by atoms with E-state index in [9.17, 15) is 5.11 Å². The maximum absolute atomic E-state index is 9.24. The Kier molecular flexibility index (Phi) is 9.39. The van der Waals surface area contributed by atoms with E-state index >= 15 is 0 Å². The summed E-state index contributed by atoms with van der Waals surface area (Å²) in [4.78, 5) is 11.7. The fraction of sp³-hybridized carbons (Fsp3) is 0.714. The summed E-state index contributed by atoms with van der Waals surface area (Å²) in [5, 5.41) is 16.2. The second-order valence-corrected chi connectivity index (χ2v) is 7.49. The van der Waals surface area contributed by atoms with Crippen LogP contribution in [0.3, 0.4) is 0 Å². The molecule has 0 bridgehead atoms. The highest BCUT2D eigenvalue weighted by molar-refractivity contribution is 5.80. The lowest BCUT2D eigenvalue weighted by molar-refractivity contribution is 0.253. The Hall–Kier alpha value is -1.82. The second-order valence-electron chi connectivity index (χ2n) is 7.49. The first kappa shape index (κ1) is 21.5. The zero-order chi connectivity index (χ0) is 19.5. The number of hydrogen-bond acceptors (Lipinski definition) is 4. The number of aliphatic imine (C=N–C) groups is 1. The van der Waals surface area contributed by atoms with Crippen molar-refractivity contribution in [3.63, 3.8) is 0 Å². The molecule has 152 valence electrons. The van der Waals surface area contributed by atoms with Crippen LogP contribution in [0.15, 0.2) is 23.3 Å². The lowest BCUT2D eigenvalue weighted by Gasteiger charge is -2.34. The standard InChI is InChI=1S/C21H37N5O/c1-4-6-18(11-14-27)16-24-21(22-5-2)25-19-9-12-26(13-10-19)20-8-7-17(3)15-23-20/h7-8,15,18-19,27H,4-6,9-14,16H2,1-3H3,(H2,22,24,25). The van der Waals surface area contributed by atoms with Crippen molar-refractivity contribution >= 4 is 11.8 Å². The minimum absolute atomic E-state index is 0.246. The van der Waals surface area contributed by atoms with Crippen LogP contribution >= 0.6 is 0 Å². The molecule has 6 nitrogen and oxygen atoms in total. The minimum atomic E-state index is 0.246. The Balaban J connectivity index is 1.85. The maximum atomic E-state index is 9.24. The summed E-state index contributed by atoms with van der Waals surface area (Å²) in [5.74, 6) is 2.44. The highest BCUT2D eigenvalue weighted by atomic mass is 16.3. The molecule has 2 rings (SSSR count). The number of nitrogens with one attached hydrogen (secondary N) is 2. The predicted octanol–water partition coefficient (Wildman–Crippen LogP) is 2.71. The van der Waals surface area contributed by atoms with Crippen molar-refractivity contribution in [2.45, 2.75) is 58.9 Å². The van der Waals surface area contributed by atoms with Gasteiger partial charge < -0.3 is 20.6 Å². The first-order valence-electron chi connectivity index (χ1n) is 10.5. The van der Waals surface area contributed by atoms with Crippen LogP contribution in [0, 0.1) is 12.8 Å². The topological polar surface area (TPSA) is 72.8 Å². The van der Waals surface area contributed by atoms with Crippen LogP contribution in [0.1, 0.15) is 51.5 Å². The average molecular weight is 376 g/mol. The smallest absolute Gasteiger partial charge is 0.191 e. The van der Waals surface area contributed by atoms with E-state index in [0.717, 1.165) is 70.1 Å². The third-order valence-electron chi connectivity index (χ3n) is 5.14. The summed E-state index contributed by atoms with van der Waals surface area (Å²) in [6.07, 6.45) is 7.18. The highest BCUT2D eigenvalue weighted by Crippen LogP contribution is 2.18. The van der Waals surface area contributed by atoms with Gasteiger partial charge in [-0.3, -0.25) is 4.99 Å². The van der Waals surface area contributed by atoms with Gasteiger partial charge in [0.15, 0.2) is 5.96 Å². The second kappa shape index (κ2) is 11.8. The van der Waals surface area contributed by atoms with Gasteiger partial charge in [0, 0.05) is 45.0 Å². The van der Waals surface area contributed by atoms with Crippen LogP contribution in [0.2, 0.25) is 0 Å². The molecule has 1 aromatic heterocycles. The number of pyridine rings is 1. The molecule has 1 aliphatic rings. The van der Waals surface area contributed by atoms with E-state index in [0.29, 0.717) is 12.0 Å². The zero-order valence-corrected chi connectivity index (χ0v) is 17.2. The Morgan fingerprint density at radius 3 is 2.67 bits per heavy atom. The number of anilines is 1. The van der Waals surface area contributed by atoms with Crippen molar-refractivity contribution in [1.82, 2.24) is 15.6 Å². The molecule has 0 spiro atoms. The molecule has 6 heteroatoms. The molecule has 1 saturated heterocycles. The van der Waals surface area contributed by atoms with Crippen LogP contribution in [0.25, 0.3) is 0 Å². The van der Waals surface area contributed by atoms with Crippen molar-refractivity contribution < 1.29 is 5.11 Å². The molecule has 3 N–H and O–H groups in total. The fourth-order valence-corrected chi connectivity index (χ4v) is 3.55. The molecule has 1 unspecified atom stereocenters. The van der Waals surface area contributed by atoms with Gasteiger partial charge in [0.25, 0.3) is 0 Å². The van der Waals surface area contributed by atoms with Gasteiger partial charge in [-0.2, -0.15) is 0 Å². The van der Waals surface area contributed by atoms with Gasteiger partial charge in [-0.15, -0.1) is 0 Å². The molecule has 27 heavy (non-hydrogen) atoms. The summed E-state index contributed by atoms with van der Waals surface area (Å²) in [6.45, 7) is 10.3. The first-order valence-corrected chi connectivity index (χ1v) is 10.5. The molecule has 0 radical (unpaired) electrons. The molecular weight excluding hydrogens is 338 g/mol. The van der Waals surface area contributed by atoms with Crippen LogP contribution < -0.4 is 15.5 Å². The van der Waals surface area contributed by atoms with Crippen molar-refractivity contribution in [3.8, 4) is 0 Å². The largest absolute Gasteiger partial charge is 0.396 e. The van der Waals surface area contributed by atoms with Crippen molar-refractivity contribution in [2.24, 2.45) is 10.9 Å². The molecule has 1 aromatic rings. The lowest BCUT2D eigenvalue weighted by Crippen LogP contribution is -2.49. The summed E-state index contributed by atoms with van der Waals surface area (Å²) in [5.41, 5.74) is 1.20. The van der Waals surface area contributed by atoms with Crippen molar-refractivity contribution in [2.75, 3.05) is 37.7 Å². The third kappa shape index (κ3) is 7.37. The van der Waals surface area contributed by atoms with Crippen LogP contribution in [0.4, 0.5) is 5.82 Å². The van der Waals surface area contributed by atoms with E-state index in [1.54, 1.807) is 0 Å². The summed E-state index contributed by atoms with van der Waals surface area (Å²) in [6, 6.07) is 4.68. The molecule has 0 amide bonds. The Morgan fingerprint density at radius 1 is 1.30 bits per heavy atom. The summed E-state index contributed by atoms with van der Waals surface area (Å²) < 4.78 is 0. The number of piperidine rings is 1. The Bertz CT molecular complexity index is 546. The maximum Gasteiger partial charge on any atom is 0.191 e. The molecule has 1 atom stereocenters. The van der Waals surface area contributed by atoms with Crippen LogP contribution in [-0.2, 0) is 0 Å². The van der Waals surface area contributed by atoms with E-state index in [4.69, 9.17) is 4.99 Å². The van der Waals surface area contributed by atoms with Crippen LogP contribution in [-0.4, -0.2) is 54.9 Å². The number of nitrogens with zero attached hydrogens (tertiary/aromatic N) is 3. The quantitative estimate of drug-likeness (QED) is 0.457. The molecule has 1 aliphatic heterocycles. The first-order chi connectivity index (χ1) is 13.2. The molecule has 2 heterocycles. The number of rotatable bonds is 9. The van der Waals surface area contributed by atoms with E-state index in [1.165, 1.54) is 5.56 Å². The molecular formula is C21H37N5O. The fourth-order valence-electron chi connectivity index (χ4n) is 3.55. The zero-order valence-electron chi connectivity index (χ0n) is 17.2. The van der Waals surface area contributed by atoms with E-state index in [2.05, 4.69) is 53.4 Å². The monoisotopic (exact) mass is 375 g/mol. The number of aliphatic hydroxyl groups is 1. The summed E-state index contributed by atoms with van der Waals surface area (Å²) in [7, 11) is 0. The number of hydrogen-bond donors (Lipinski definition) is 3. The highest BCUT2D eigenvalue weighted by Gasteiger charge is 2.21. The molecule has 0 aliphatic carbocycles. The predicted molar refractivity (Wildman–Crippen MR) is 113 cm³/mol. The van der Waals surface area contributed by atoms with Crippen molar-refractivity contribution in [1.29, 1.82) is 0 Å². The van der Waals surface area contributed by atoms with Gasteiger partial charge >= 0.3 is 0 Å². The van der Waals surface area contributed by atoms with Crippen LogP contribution in [0.5, 0.6) is 0 Å². The molecule has 1 fully saturated rings. The number of aliphatic hydroxyl groups excluding tert-OH is 1. The van der Waals surface area contributed by atoms with Gasteiger partial charge in [-0.05, 0) is 57.1 Å². The molecule has 0 aromatic carbocycles. The Labute approximate surface area is 164 Å². The molecule has 0 saturated carbocycles. The third-order valence-corrected chi connectivity index (χ3v) is 5.14. The van der Waals surface area contributed by atoms with Gasteiger partial charge in [0.05, 0.1) is 0 Å². The Morgan fingerprint density at radius 2 is 2.07 bits per heavy atom. The normalized spacial score (nSPS) is 17.0. The van der Waals surface area contributed by atoms with Gasteiger partial charge in [-0.25, -0.2) is 4.98 Å². The minimum Gasteiger partial charge on any atom is -0.396 e. The average Bonchev–Trinajstić information content (AvgIpc) is 2.68. The van der Waals surface area contributed by atoms with E-state index < -0.39 is 0 Å². The lowest BCUT2D eigenvalue weighted by atomic mass is 10.0. The number of guanidine groups is 1. The van der Waals surface area contributed by atoms with E-state index in [1.807, 2.05) is 6.20 Å². The van der Waals surface area contributed by atoms with E-state index in [-0.39, 0.29) is 6.61 Å². The number of aryl methyl sites for hydroxylation is 1. The van der Waals surface area contributed by atoms with Crippen molar-refractivity contribution in [3.05, 3.63) is 23.9 Å². The summed E-state index contributed by atoms with van der Waals surface area (Å²) >= 11 is 0. The van der Waals surface area contributed by atoms with Gasteiger partial charge in [0.2, 0.25) is 0 Å². The number of aromatic nitrogens is 1.